The summed E-state index contributed by atoms with van der Waals surface area (Å²) in [5, 5.41) is 0. The second-order valence-electron chi connectivity index (χ2n) is 4.08. The van der Waals surface area contributed by atoms with Crippen molar-refractivity contribution in [3.05, 3.63) is 63.6 Å². The van der Waals surface area contributed by atoms with Gasteiger partial charge in [-0.3, -0.25) is 4.79 Å². The normalized spacial score (nSPS) is 10.5. The average Bonchev–Trinajstić information content (AvgIpc) is 2.37. The molecule has 2 nitrogen and oxygen atoms in total. The molecule has 2 rings (SSSR count). The number of Topliss-reactive ketones (excluding diaryl/α,β-unsaturated/α-hetero) is 1. The molecule has 2 aromatic rings. The van der Waals surface area contributed by atoms with E-state index >= 15 is 0 Å². The van der Waals surface area contributed by atoms with Crippen molar-refractivity contribution in [2.45, 2.75) is 6.42 Å². The van der Waals surface area contributed by atoms with Gasteiger partial charge in [0, 0.05) is 22.1 Å². The summed E-state index contributed by atoms with van der Waals surface area (Å²) >= 11 is 3.23. The molecule has 0 saturated carbocycles. The molecular weight excluding hydrogens is 316 g/mol. The van der Waals surface area contributed by atoms with E-state index < -0.39 is 11.6 Å². The summed E-state index contributed by atoms with van der Waals surface area (Å²) < 4.78 is 26.4. The quantitative estimate of drug-likeness (QED) is 0.690. The van der Waals surface area contributed by atoms with E-state index in [1.807, 2.05) is 0 Å². The van der Waals surface area contributed by atoms with Crippen LogP contribution in [-0.2, 0) is 6.42 Å². The molecule has 0 fully saturated rings. The molecule has 0 unspecified atom stereocenters. The first-order valence-corrected chi connectivity index (χ1v) is 6.29. The molecule has 0 aromatic heterocycles. The van der Waals surface area contributed by atoms with Crippen LogP contribution in [0, 0.1) is 11.6 Å². The Bertz CT molecular complexity index is 643. The zero-order chi connectivity index (χ0) is 14.0. The molecule has 0 aliphatic heterocycles. The van der Waals surface area contributed by atoms with Gasteiger partial charge in [0.2, 0.25) is 0 Å². The van der Waals surface area contributed by atoms with Crippen LogP contribution in [0.2, 0.25) is 0 Å². The summed E-state index contributed by atoms with van der Waals surface area (Å²) in [6.45, 7) is 0. The van der Waals surface area contributed by atoms with Crippen molar-refractivity contribution in [3.63, 3.8) is 0 Å². The Balaban J connectivity index is 2.20. The Kier molecular flexibility index (Phi) is 3.95. The maximum atomic E-state index is 13.0. The Morgan fingerprint density at radius 3 is 2.47 bits per heavy atom. The number of benzene rings is 2. The lowest BCUT2D eigenvalue weighted by atomic mass is 10.0. The van der Waals surface area contributed by atoms with Crippen molar-refractivity contribution in [2.24, 2.45) is 0 Å². The van der Waals surface area contributed by atoms with Crippen molar-refractivity contribution in [2.75, 3.05) is 5.73 Å². The molecule has 0 heterocycles. The van der Waals surface area contributed by atoms with E-state index in [0.29, 0.717) is 21.3 Å². The molecule has 0 saturated heterocycles. The van der Waals surface area contributed by atoms with Gasteiger partial charge < -0.3 is 5.73 Å². The van der Waals surface area contributed by atoms with Gasteiger partial charge in [-0.05, 0) is 51.8 Å². The molecule has 2 N–H and O–H groups in total. The fraction of sp³-hybridized carbons (Fsp3) is 0.0714. The molecule has 2 aromatic carbocycles. The van der Waals surface area contributed by atoms with Crippen LogP contribution in [0.5, 0.6) is 0 Å². The Labute approximate surface area is 117 Å². The third-order valence-corrected chi connectivity index (χ3v) is 3.36. The van der Waals surface area contributed by atoms with E-state index in [1.54, 1.807) is 18.2 Å². The zero-order valence-corrected chi connectivity index (χ0v) is 11.4. The summed E-state index contributed by atoms with van der Waals surface area (Å²) in [5.74, 6) is -2.07. The van der Waals surface area contributed by atoms with Gasteiger partial charge in [-0.1, -0.05) is 6.07 Å². The highest BCUT2D eigenvalue weighted by molar-refractivity contribution is 9.10. The van der Waals surface area contributed by atoms with Gasteiger partial charge in [-0.25, -0.2) is 8.78 Å². The van der Waals surface area contributed by atoms with Crippen LogP contribution in [0.25, 0.3) is 0 Å². The lowest BCUT2D eigenvalue weighted by molar-refractivity contribution is 0.0993. The van der Waals surface area contributed by atoms with E-state index in [0.717, 1.165) is 12.1 Å². The highest BCUT2D eigenvalue weighted by Gasteiger charge is 2.10. The maximum Gasteiger partial charge on any atom is 0.167 e. The van der Waals surface area contributed by atoms with Crippen molar-refractivity contribution < 1.29 is 13.6 Å². The van der Waals surface area contributed by atoms with Crippen LogP contribution in [0.3, 0.4) is 0 Å². The first-order chi connectivity index (χ1) is 8.97. The first-order valence-electron chi connectivity index (χ1n) is 5.49. The topological polar surface area (TPSA) is 43.1 Å². The van der Waals surface area contributed by atoms with Gasteiger partial charge >= 0.3 is 0 Å². The lowest BCUT2D eigenvalue weighted by Crippen LogP contribution is -2.04. The number of hydrogen-bond donors (Lipinski definition) is 1. The summed E-state index contributed by atoms with van der Waals surface area (Å²) in [7, 11) is 0. The first kappa shape index (κ1) is 13.7. The van der Waals surface area contributed by atoms with Gasteiger partial charge in [-0.15, -0.1) is 0 Å². The van der Waals surface area contributed by atoms with Crippen LogP contribution in [0.4, 0.5) is 14.5 Å². The number of anilines is 1. The highest BCUT2D eigenvalue weighted by atomic mass is 79.9. The maximum absolute atomic E-state index is 13.0. The van der Waals surface area contributed by atoms with Crippen molar-refractivity contribution in [1.82, 2.24) is 0 Å². The number of ketones is 1. The number of hydrogen-bond acceptors (Lipinski definition) is 2. The van der Waals surface area contributed by atoms with Crippen molar-refractivity contribution >= 4 is 27.4 Å². The van der Waals surface area contributed by atoms with Gasteiger partial charge in [-0.2, -0.15) is 0 Å². The Morgan fingerprint density at radius 1 is 1.11 bits per heavy atom. The second kappa shape index (κ2) is 5.48. The molecule has 19 heavy (non-hydrogen) atoms. The smallest absolute Gasteiger partial charge is 0.167 e. The number of carbonyl (C=O) groups is 1. The van der Waals surface area contributed by atoms with Crippen LogP contribution < -0.4 is 5.73 Å². The molecular formula is C14H10BrF2NO. The largest absolute Gasteiger partial charge is 0.398 e. The molecule has 0 spiro atoms. The molecule has 5 heteroatoms. The Hall–Kier alpha value is -1.75. The van der Waals surface area contributed by atoms with Crippen LogP contribution >= 0.6 is 15.9 Å². The highest BCUT2D eigenvalue weighted by Crippen LogP contribution is 2.21. The van der Waals surface area contributed by atoms with Crippen molar-refractivity contribution in [1.29, 1.82) is 0 Å². The fourth-order valence-corrected chi connectivity index (χ4v) is 2.02. The zero-order valence-electron chi connectivity index (χ0n) is 9.79. The molecule has 0 radical (unpaired) electrons. The van der Waals surface area contributed by atoms with Gasteiger partial charge in [0.05, 0.1) is 0 Å². The standard InChI is InChI=1S/C14H10BrF2NO/c15-10-7-9(2-4-13(10)18)14(19)6-8-1-3-11(16)12(17)5-8/h1-5,7H,6,18H2. The minimum atomic E-state index is -0.955. The van der Waals surface area contributed by atoms with E-state index in [2.05, 4.69) is 15.9 Å². The summed E-state index contributed by atoms with van der Waals surface area (Å²) in [4.78, 5) is 12.0. The number of nitrogens with two attached hydrogens (primary N) is 1. The van der Waals surface area contributed by atoms with Gasteiger partial charge in [0.1, 0.15) is 0 Å². The summed E-state index contributed by atoms with van der Waals surface area (Å²) in [5.41, 5.74) is 7.05. The lowest BCUT2D eigenvalue weighted by Gasteiger charge is -2.04. The third kappa shape index (κ3) is 3.17. The minimum absolute atomic E-state index is 0.00750. The molecule has 0 amide bonds. The summed E-state index contributed by atoms with van der Waals surface area (Å²) in [6, 6.07) is 8.25. The minimum Gasteiger partial charge on any atom is -0.398 e. The van der Waals surface area contributed by atoms with Gasteiger partial charge in [0.25, 0.3) is 0 Å². The summed E-state index contributed by atoms with van der Waals surface area (Å²) in [6.07, 6.45) is 0.00750. The SMILES string of the molecule is Nc1ccc(C(=O)Cc2ccc(F)c(F)c2)cc1Br. The van der Waals surface area contributed by atoms with Crippen LogP contribution in [0.15, 0.2) is 40.9 Å². The number of halogens is 3. The number of rotatable bonds is 3. The number of carbonyl (C=O) groups excluding carboxylic acids is 1. The fourth-order valence-electron chi connectivity index (χ4n) is 1.64. The van der Waals surface area contributed by atoms with E-state index in [9.17, 15) is 13.6 Å². The monoisotopic (exact) mass is 325 g/mol. The number of nitrogen functional groups attached to an aromatic ring is 1. The predicted molar refractivity (Wildman–Crippen MR) is 72.9 cm³/mol. The average molecular weight is 326 g/mol. The van der Waals surface area contributed by atoms with Crippen LogP contribution in [-0.4, -0.2) is 5.78 Å². The molecule has 0 aliphatic rings. The Morgan fingerprint density at radius 2 is 1.84 bits per heavy atom. The molecule has 0 aliphatic carbocycles. The van der Waals surface area contributed by atoms with Crippen LogP contribution in [0.1, 0.15) is 15.9 Å². The second-order valence-corrected chi connectivity index (χ2v) is 4.94. The third-order valence-electron chi connectivity index (χ3n) is 2.67. The molecule has 0 atom stereocenters. The van der Waals surface area contributed by atoms with E-state index in [1.165, 1.54) is 6.07 Å². The van der Waals surface area contributed by atoms with Gasteiger partial charge in [0.15, 0.2) is 17.4 Å². The van der Waals surface area contributed by atoms with Crippen molar-refractivity contribution in [3.8, 4) is 0 Å². The molecule has 0 bridgehead atoms. The van der Waals surface area contributed by atoms with E-state index in [4.69, 9.17) is 5.73 Å². The van der Waals surface area contributed by atoms with E-state index in [-0.39, 0.29) is 12.2 Å². The molecule has 98 valence electrons. The predicted octanol–water partition coefficient (Wildman–Crippen LogP) is 3.73.